The number of rotatable bonds is 4. The lowest BCUT2D eigenvalue weighted by molar-refractivity contribution is 1.09. The Morgan fingerprint density at radius 3 is 2.72 bits per heavy atom. The molecule has 0 amide bonds. The summed E-state index contributed by atoms with van der Waals surface area (Å²) >= 11 is 5.92. The summed E-state index contributed by atoms with van der Waals surface area (Å²) < 4.78 is 0. The number of anilines is 3. The predicted octanol–water partition coefficient (Wildman–Crippen LogP) is 2.37. The topological polar surface area (TPSA) is 75.9 Å². The summed E-state index contributed by atoms with van der Waals surface area (Å²) in [6.07, 6.45) is 0. The first-order valence-electron chi connectivity index (χ1n) is 5.48. The summed E-state index contributed by atoms with van der Waals surface area (Å²) in [6.45, 7) is 0.625. The van der Waals surface area contributed by atoms with Gasteiger partial charge in [-0.3, -0.25) is 0 Å². The maximum Gasteiger partial charge on any atom is 0.223 e. The van der Waals surface area contributed by atoms with Crippen molar-refractivity contribution in [1.82, 2.24) is 9.97 Å². The normalized spacial score (nSPS) is 10.1. The lowest BCUT2D eigenvalue weighted by Crippen LogP contribution is -2.06. The molecular formula is C12H14ClN5. The van der Waals surface area contributed by atoms with E-state index >= 15 is 0 Å². The zero-order valence-corrected chi connectivity index (χ0v) is 10.7. The van der Waals surface area contributed by atoms with Crippen LogP contribution in [0.3, 0.4) is 0 Å². The first-order valence-corrected chi connectivity index (χ1v) is 5.86. The van der Waals surface area contributed by atoms with Gasteiger partial charge in [0.1, 0.15) is 11.6 Å². The first kappa shape index (κ1) is 12.4. The molecule has 1 heterocycles. The Morgan fingerprint density at radius 2 is 2.00 bits per heavy atom. The third kappa shape index (κ3) is 3.24. The lowest BCUT2D eigenvalue weighted by atomic mass is 10.2. The van der Waals surface area contributed by atoms with Crippen molar-refractivity contribution in [3.63, 3.8) is 0 Å². The molecule has 2 aromatic rings. The zero-order valence-electron chi connectivity index (χ0n) is 9.94. The molecule has 5 nitrogen and oxygen atoms in total. The molecule has 4 N–H and O–H groups in total. The molecule has 1 aromatic heterocycles. The number of nitrogens with zero attached hydrogens (tertiary/aromatic N) is 2. The molecule has 0 saturated heterocycles. The van der Waals surface area contributed by atoms with Crippen molar-refractivity contribution in [2.24, 2.45) is 0 Å². The Morgan fingerprint density at radius 1 is 1.22 bits per heavy atom. The molecule has 0 aliphatic heterocycles. The van der Waals surface area contributed by atoms with Crippen LogP contribution in [-0.2, 0) is 6.54 Å². The zero-order chi connectivity index (χ0) is 13.0. The molecule has 0 radical (unpaired) electrons. The molecule has 0 aliphatic rings. The summed E-state index contributed by atoms with van der Waals surface area (Å²) in [7, 11) is 1.78. The summed E-state index contributed by atoms with van der Waals surface area (Å²) in [6, 6.07) is 9.43. The number of hydrogen-bond acceptors (Lipinski definition) is 5. The van der Waals surface area contributed by atoms with E-state index in [9.17, 15) is 0 Å². The maximum absolute atomic E-state index is 5.92. The molecule has 18 heavy (non-hydrogen) atoms. The Balaban J connectivity index is 2.08. The van der Waals surface area contributed by atoms with Crippen LogP contribution in [0.1, 0.15) is 5.56 Å². The van der Waals surface area contributed by atoms with Crippen LogP contribution in [0.25, 0.3) is 0 Å². The van der Waals surface area contributed by atoms with Crippen molar-refractivity contribution >= 4 is 29.2 Å². The predicted molar refractivity (Wildman–Crippen MR) is 74.8 cm³/mol. The minimum absolute atomic E-state index is 0.232. The molecule has 6 heteroatoms. The second-order valence-corrected chi connectivity index (χ2v) is 4.17. The molecule has 0 aliphatic carbocycles. The molecule has 94 valence electrons. The average Bonchev–Trinajstić information content (AvgIpc) is 2.36. The van der Waals surface area contributed by atoms with Crippen molar-refractivity contribution in [3.05, 3.63) is 40.9 Å². The molecule has 0 fully saturated rings. The van der Waals surface area contributed by atoms with E-state index in [4.69, 9.17) is 17.3 Å². The summed E-state index contributed by atoms with van der Waals surface area (Å²) in [5, 5.41) is 6.81. The fourth-order valence-corrected chi connectivity index (χ4v) is 1.74. The molecule has 0 unspecified atom stereocenters. The summed E-state index contributed by atoms with van der Waals surface area (Å²) in [4.78, 5) is 8.12. The van der Waals surface area contributed by atoms with Crippen molar-refractivity contribution in [2.75, 3.05) is 23.4 Å². The Kier molecular flexibility index (Phi) is 3.84. The van der Waals surface area contributed by atoms with Gasteiger partial charge in [0.05, 0.1) is 0 Å². The smallest absolute Gasteiger partial charge is 0.223 e. The third-order valence-electron chi connectivity index (χ3n) is 2.36. The van der Waals surface area contributed by atoms with Crippen LogP contribution in [0.2, 0.25) is 5.02 Å². The van der Waals surface area contributed by atoms with Gasteiger partial charge < -0.3 is 16.4 Å². The van der Waals surface area contributed by atoms with E-state index in [1.807, 2.05) is 24.3 Å². The van der Waals surface area contributed by atoms with Gasteiger partial charge in [0.15, 0.2) is 0 Å². The molecule has 1 aromatic carbocycles. The minimum Gasteiger partial charge on any atom is -0.373 e. The van der Waals surface area contributed by atoms with Gasteiger partial charge in [-0.25, -0.2) is 0 Å². The van der Waals surface area contributed by atoms with E-state index < -0.39 is 0 Å². The van der Waals surface area contributed by atoms with Crippen LogP contribution in [0.15, 0.2) is 30.3 Å². The highest BCUT2D eigenvalue weighted by Crippen LogP contribution is 2.15. The highest BCUT2D eigenvalue weighted by molar-refractivity contribution is 6.30. The van der Waals surface area contributed by atoms with Gasteiger partial charge >= 0.3 is 0 Å². The van der Waals surface area contributed by atoms with Crippen molar-refractivity contribution < 1.29 is 0 Å². The average molecular weight is 264 g/mol. The van der Waals surface area contributed by atoms with E-state index in [2.05, 4.69) is 20.6 Å². The third-order valence-corrected chi connectivity index (χ3v) is 2.60. The van der Waals surface area contributed by atoms with Crippen LogP contribution < -0.4 is 16.4 Å². The fraction of sp³-hybridized carbons (Fsp3) is 0.167. The van der Waals surface area contributed by atoms with Crippen LogP contribution >= 0.6 is 11.6 Å². The van der Waals surface area contributed by atoms with Gasteiger partial charge in [-0.2, -0.15) is 9.97 Å². The fourth-order valence-electron chi connectivity index (χ4n) is 1.52. The van der Waals surface area contributed by atoms with Crippen molar-refractivity contribution in [1.29, 1.82) is 0 Å². The summed E-state index contributed by atoms with van der Waals surface area (Å²) in [5.41, 5.74) is 6.68. The van der Waals surface area contributed by atoms with E-state index in [0.29, 0.717) is 23.2 Å². The lowest BCUT2D eigenvalue weighted by Gasteiger charge is -2.08. The van der Waals surface area contributed by atoms with Gasteiger partial charge in [-0.05, 0) is 17.7 Å². The van der Waals surface area contributed by atoms with Gasteiger partial charge in [0, 0.05) is 24.7 Å². The maximum atomic E-state index is 5.92. The second kappa shape index (κ2) is 5.55. The number of hydrogen-bond donors (Lipinski definition) is 3. The number of benzene rings is 1. The van der Waals surface area contributed by atoms with Crippen LogP contribution in [0.4, 0.5) is 17.6 Å². The van der Waals surface area contributed by atoms with E-state index in [1.54, 1.807) is 13.1 Å². The molecule has 0 saturated carbocycles. The molecule has 0 spiro atoms. The van der Waals surface area contributed by atoms with Crippen LogP contribution in [0.5, 0.6) is 0 Å². The molecule has 0 bridgehead atoms. The van der Waals surface area contributed by atoms with E-state index in [-0.39, 0.29) is 5.95 Å². The van der Waals surface area contributed by atoms with E-state index in [1.165, 1.54) is 0 Å². The number of nitrogen functional groups attached to an aromatic ring is 1. The minimum atomic E-state index is 0.232. The van der Waals surface area contributed by atoms with Crippen molar-refractivity contribution in [2.45, 2.75) is 6.54 Å². The number of nitrogens with two attached hydrogens (primary N) is 1. The Hall–Kier alpha value is -2.01. The quantitative estimate of drug-likeness (QED) is 0.790. The number of nitrogens with one attached hydrogen (secondary N) is 2. The Labute approximate surface area is 110 Å². The van der Waals surface area contributed by atoms with Gasteiger partial charge in [0.25, 0.3) is 0 Å². The molecular weight excluding hydrogens is 250 g/mol. The van der Waals surface area contributed by atoms with Crippen molar-refractivity contribution in [3.8, 4) is 0 Å². The standard InChI is InChI=1S/C12H14ClN5/c1-15-10-6-11(18-12(14)17-10)16-7-8-3-2-4-9(13)5-8/h2-6H,7H2,1H3,(H4,14,15,16,17,18). The van der Waals surface area contributed by atoms with Gasteiger partial charge in [-0.1, -0.05) is 23.7 Å². The first-order chi connectivity index (χ1) is 8.67. The monoisotopic (exact) mass is 263 g/mol. The van der Waals surface area contributed by atoms with Gasteiger partial charge in [0.2, 0.25) is 5.95 Å². The number of halogens is 1. The SMILES string of the molecule is CNc1cc(NCc2cccc(Cl)c2)nc(N)n1. The summed E-state index contributed by atoms with van der Waals surface area (Å²) in [5.74, 6) is 1.58. The van der Waals surface area contributed by atoms with Crippen LogP contribution in [-0.4, -0.2) is 17.0 Å². The van der Waals surface area contributed by atoms with Gasteiger partial charge in [-0.15, -0.1) is 0 Å². The van der Waals surface area contributed by atoms with E-state index in [0.717, 1.165) is 5.56 Å². The Bertz CT molecular complexity index is 544. The highest BCUT2D eigenvalue weighted by Gasteiger charge is 2.01. The van der Waals surface area contributed by atoms with Crippen LogP contribution in [0, 0.1) is 0 Å². The largest absolute Gasteiger partial charge is 0.373 e. The number of aromatic nitrogens is 2. The molecule has 0 atom stereocenters. The second-order valence-electron chi connectivity index (χ2n) is 3.73. The highest BCUT2D eigenvalue weighted by atomic mass is 35.5. The molecule has 2 rings (SSSR count).